The Balaban J connectivity index is 1.99. The summed E-state index contributed by atoms with van der Waals surface area (Å²) in [6.07, 6.45) is 6.92. The van der Waals surface area contributed by atoms with Crippen molar-refractivity contribution < 1.29 is 14.6 Å². The third kappa shape index (κ3) is 1.93. The van der Waals surface area contributed by atoms with Crippen molar-refractivity contribution in [2.24, 2.45) is 10.8 Å². The van der Waals surface area contributed by atoms with Gasteiger partial charge in [-0.2, -0.15) is 0 Å². The van der Waals surface area contributed by atoms with Gasteiger partial charge < -0.3 is 14.6 Å². The SMILES string of the molecule is COC(CC12CCC(CO)(CC1)C2)OC. The predicted octanol–water partition coefficient (Wildman–Crippen LogP) is 1.94. The molecule has 0 saturated heterocycles. The number of aliphatic hydroxyl groups is 1. The quantitative estimate of drug-likeness (QED) is 0.711. The molecule has 2 aliphatic carbocycles. The molecule has 2 bridgehead atoms. The molecule has 15 heavy (non-hydrogen) atoms. The first-order valence-electron chi connectivity index (χ1n) is 5.84. The molecule has 0 amide bonds. The molecule has 2 aliphatic rings. The number of methoxy groups -OCH3 is 2. The van der Waals surface area contributed by atoms with Crippen molar-refractivity contribution in [3.05, 3.63) is 0 Å². The second kappa shape index (κ2) is 4.04. The fourth-order valence-electron chi connectivity index (χ4n) is 3.57. The van der Waals surface area contributed by atoms with Crippen LogP contribution in [0.1, 0.15) is 38.5 Å². The Morgan fingerprint density at radius 1 is 1.07 bits per heavy atom. The monoisotopic (exact) mass is 214 g/mol. The van der Waals surface area contributed by atoms with Gasteiger partial charge >= 0.3 is 0 Å². The zero-order valence-corrected chi connectivity index (χ0v) is 9.79. The summed E-state index contributed by atoms with van der Waals surface area (Å²) < 4.78 is 10.6. The highest BCUT2D eigenvalue weighted by atomic mass is 16.7. The standard InChI is InChI=1S/C12H22O3/c1-14-10(15-2)7-11-3-5-12(8-11,9-13)6-4-11/h10,13H,3-9H2,1-2H3. The van der Waals surface area contributed by atoms with E-state index in [-0.39, 0.29) is 11.7 Å². The average molecular weight is 214 g/mol. The predicted molar refractivity (Wildman–Crippen MR) is 57.5 cm³/mol. The maximum atomic E-state index is 9.44. The fourth-order valence-corrected chi connectivity index (χ4v) is 3.57. The molecular weight excluding hydrogens is 192 g/mol. The first-order chi connectivity index (χ1) is 7.17. The van der Waals surface area contributed by atoms with Gasteiger partial charge in [0.25, 0.3) is 0 Å². The molecular formula is C12H22O3. The second-order valence-corrected chi connectivity index (χ2v) is 5.44. The van der Waals surface area contributed by atoms with E-state index in [0.717, 1.165) is 6.42 Å². The van der Waals surface area contributed by atoms with Crippen molar-refractivity contribution in [3.8, 4) is 0 Å². The van der Waals surface area contributed by atoms with Crippen LogP contribution in [0.4, 0.5) is 0 Å². The Hall–Kier alpha value is -0.120. The van der Waals surface area contributed by atoms with Crippen LogP contribution in [-0.2, 0) is 9.47 Å². The first kappa shape index (κ1) is 11.4. The lowest BCUT2D eigenvalue weighted by molar-refractivity contribution is -0.125. The first-order valence-corrected chi connectivity index (χ1v) is 5.84. The zero-order chi connectivity index (χ0) is 10.9. The van der Waals surface area contributed by atoms with E-state index in [1.807, 2.05) is 0 Å². The highest BCUT2D eigenvalue weighted by Gasteiger charge is 2.54. The van der Waals surface area contributed by atoms with Crippen molar-refractivity contribution in [1.29, 1.82) is 0 Å². The largest absolute Gasteiger partial charge is 0.396 e. The number of aliphatic hydroxyl groups excluding tert-OH is 1. The molecule has 2 rings (SSSR count). The molecule has 0 aromatic heterocycles. The summed E-state index contributed by atoms with van der Waals surface area (Å²) in [5, 5.41) is 9.44. The van der Waals surface area contributed by atoms with E-state index in [2.05, 4.69) is 0 Å². The molecule has 3 nitrogen and oxygen atoms in total. The van der Waals surface area contributed by atoms with Crippen LogP contribution in [0, 0.1) is 10.8 Å². The fraction of sp³-hybridized carbons (Fsp3) is 1.00. The molecule has 3 heteroatoms. The Kier molecular flexibility index (Phi) is 3.06. The minimum atomic E-state index is -0.0717. The zero-order valence-electron chi connectivity index (χ0n) is 9.79. The van der Waals surface area contributed by atoms with Gasteiger partial charge in [-0.05, 0) is 42.9 Å². The Morgan fingerprint density at radius 3 is 2.00 bits per heavy atom. The van der Waals surface area contributed by atoms with E-state index in [1.54, 1.807) is 14.2 Å². The topological polar surface area (TPSA) is 38.7 Å². The maximum Gasteiger partial charge on any atom is 0.157 e. The van der Waals surface area contributed by atoms with Gasteiger partial charge in [0.15, 0.2) is 6.29 Å². The van der Waals surface area contributed by atoms with Crippen LogP contribution in [0.25, 0.3) is 0 Å². The summed E-state index contributed by atoms with van der Waals surface area (Å²) in [7, 11) is 3.40. The maximum absolute atomic E-state index is 9.44. The van der Waals surface area contributed by atoms with Crippen LogP contribution >= 0.6 is 0 Å². The van der Waals surface area contributed by atoms with E-state index in [1.165, 1.54) is 32.1 Å². The number of rotatable bonds is 5. The second-order valence-electron chi connectivity index (χ2n) is 5.44. The van der Waals surface area contributed by atoms with Gasteiger partial charge in [-0.1, -0.05) is 0 Å². The van der Waals surface area contributed by atoms with Gasteiger partial charge in [-0.3, -0.25) is 0 Å². The summed E-state index contributed by atoms with van der Waals surface area (Å²) in [6, 6.07) is 0. The number of hydrogen-bond donors (Lipinski definition) is 1. The van der Waals surface area contributed by atoms with Crippen molar-refractivity contribution in [2.45, 2.75) is 44.8 Å². The summed E-state index contributed by atoms with van der Waals surface area (Å²) in [5.74, 6) is 0. The lowest BCUT2D eigenvalue weighted by atomic mass is 9.80. The van der Waals surface area contributed by atoms with Gasteiger partial charge in [0.05, 0.1) is 0 Å². The molecule has 0 spiro atoms. The van der Waals surface area contributed by atoms with Crippen LogP contribution in [-0.4, -0.2) is 32.2 Å². The average Bonchev–Trinajstić information content (AvgIpc) is 2.82. The highest BCUT2D eigenvalue weighted by molar-refractivity contribution is 5.04. The van der Waals surface area contributed by atoms with Crippen LogP contribution in [0.3, 0.4) is 0 Å². The number of ether oxygens (including phenoxy) is 2. The lowest BCUT2D eigenvalue weighted by Gasteiger charge is -2.29. The molecule has 0 heterocycles. The Morgan fingerprint density at radius 2 is 1.60 bits per heavy atom. The molecule has 0 unspecified atom stereocenters. The smallest absolute Gasteiger partial charge is 0.157 e. The van der Waals surface area contributed by atoms with Crippen LogP contribution in [0.15, 0.2) is 0 Å². The summed E-state index contributed by atoms with van der Waals surface area (Å²) in [5.41, 5.74) is 0.630. The minimum absolute atomic E-state index is 0.0717. The van der Waals surface area contributed by atoms with Crippen molar-refractivity contribution in [1.82, 2.24) is 0 Å². The summed E-state index contributed by atoms with van der Waals surface area (Å²) in [4.78, 5) is 0. The highest BCUT2D eigenvalue weighted by Crippen LogP contribution is 2.63. The molecule has 0 atom stereocenters. The number of hydrogen-bond acceptors (Lipinski definition) is 3. The third-order valence-corrected chi connectivity index (χ3v) is 4.58. The molecule has 0 aliphatic heterocycles. The molecule has 0 radical (unpaired) electrons. The Bertz CT molecular complexity index is 215. The van der Waals surface area contributed by atoms with Gasteiger partial charge in [0, 0.05) is 27.2 Å². The molecule has 2 fully saturated rings. The lowest BCUT2D eigenvalue weighted by Crippen LogP contribution is -2.25. The van der Waals surface area contributed by atoms with Gasteiger partial charge in [-0.15, -0.1) is 0 Å². The third-order valence-electron chi connectivity index (χ3n) is 4.58. The van der Waals surface area contributed by atoms with Gasteiger partial charge in [-0.25, -0.2) is 0 Å². The van der Waals surface area contributed by atoms with Crippen molar-refractivity contribution in [3.63, 3.8) is 0 Å². The van der Waals surface area contributed by atoms with Crippen LogP contribution < -0.4 is 0 Å². The minimum Gasteiger partial charge on any atom is -0.396 e. The van der Waals surface area contributed by atoms with E-state index in [0.29, 0.717) is 12.0 Å². The van der Waals surface area contributed by atoms with E-state index >= 15 is 0 Å². The van der Waals surface area contributed by atoms with Crippen LogP contribution in [0.2, 0.25) is 0 Å². The number of fused-ring (bicyclic) bond motifs is 2. The van der Waals surface area contributed by atoms with Gasteiger partial charge in [0.1, 0.15) is 0 Å². The van der Waals surface area contributed by atoms with Crippen LogP contribution in [0.5, 0.6) is 0 Å². The van der Waals surface area contributed by atoms with Crippen molar-refractivity contribution in [2.75, 3.05) is 20.8 Å². The molecule has 0 aromatic rings. The van der Waals surface area contributed by atoms with E-state index in [4.69, 9.17) is 9.47 Å². The summed E-state index contributed by atoms with van der Waals surface area (Å²) >= 11 is 0. The Labute approximate surface area is 91.8 Å². The molecule has 88 valence electrons. The normalized spacial score (nSPS) is 39.2. The molecule has 2 saturated carbocycles. The summed E-state index contributed by atoms with van der Waals surface area (Å²) in [6.45, 7) is 0.360. The van der Waals surface area contributed by atoms with E-state index in [9.17, 15) is 5.11 Å². The van der Waals surface area contributed by atoms with E-state index < -0.39 is 0 Å². The molecule has 1 N–H and O–H groups in total. The van der Waals surface area contributed by atoms with Crippen molar-refractivity contribution >= 4 is 0 Å². The van der Waals surface area contributed by atoms with Gasteiger partial charge in [0.2, 0.25) is 0 Å². The molecule has 0 aromatic carbocycles.